The molecule has 0 N–H and O–H groups in total. The summed E-state index contributed by atoms with van der Waals surface area (Å²) in [5.41, 5.74) is 2.90. The highest BCUT2D eigenvalue weighted by Gasteiger charge is 2.18. The summed E-state index contributed by atoms with van der Waals surface area (Å²) in [7, 11) is 3.26. The number of nitrogens with zero attached hydrogens (tertiary/aromatic N) is 1. The van der Waals surface area contributed by atoms with Crippen LogP contribution in [0.1, 0.15) is 24.5 Å². The van der Waals surface area contributed by atoms with Crippen molar-refractivity contribution in [3.8, 4) is 11.5 Å². The van der Waals surface area contributed by atoms with Crippen molar-refractivity contribution in [2.75, 3.05) is 19.1 Å². The average molecular weight is 313 g/mol. The number of aryl methyl sites for hydroxylation is 1. The Balaban J connectivity index is 2.43. The molecule has 1 amide bonds. The molecule has 0 aliphatic rings. The van der Waals surface area contributed by atoms with E-state index in [1.165, 1.54) is 0 Å². The fraction of sp³-hybridized carbons (Fsp3) is 0.316. The molecule has 0 heterocycles. The summed E-state index contributed by atoms with van der Waals surface area (Å²) < 4.78 is 10.7. The quantitative estimate of drug-likeness (QED) is 0.810. The molecule has 0 radical (unpaired) electrons. The molecule has 0 spiro atoms. The zero-order chi connectivity index (χ0) is 16.8. The van der Waals surface area contributed by atoms with Crippen LogP contribution in [0.25, 0.3) is 0 Å². The Kier molecular flexibility index (Phi) is 5.63. The number of carbonyl (C=O) groups excluding carboxylic acids is 1. The largest absolute Gasteiger partial charge is 0.497 e. The van der Waals surface area contributed by atoms with E-state index in [0.717, 1.165) is 28.3 Å². The Morgan fingerprint density at radius 1 is 1.09 bits per heavy atom. The SMILES string of the molecule is CCC(=O)N(Cc1cc(OC)ccc1OC)c1ccccc1C. The van der Waals surface area contributed by atoms with Gasteiger partial charge in [-0.3, -0.25) is 4.79 Å². The van der Waals surface area contributed by atoms with Crippen LogP contribution in [0.2, 0.25) is 0 Å². The maximum absolute atomic E-state index is 12.5. The molecule has 2 aromatic carbocycles. The Bertz CT molecular complexity index is 682. The van der Waals surface area contributed by atoms with E-state index in [9.17, 15) is 4.79 Å². The van der Waals surface area contributed by atoms with Gasteiger partial charge in [-0.2, -0.15) is 0 Å². The van der Waals surface area contributed by atoms with Crippen LogP contribution in [-0.2, 0) is 11.3 Å². The molecule has 2 rings (SSSR count). The molecular formula is C19H23NO3. The van der Waals surface area contributed by atoms with Gasteiger partial charge < -0.3 is 14.4 Å². The number of methoxy groups -OCH3 is 2. The van der Waals surface area contributed by atoms with Gasteiger partial charge in [0.25, 0.3) is 0 Å². The summed E-state index contributed by atoms with van der Waals surface area (Å²) in [5, 5.41) is 0. The molecule has 23 heavy (non-hydrogen) atoms. The minimum atomic E-state index is 0.0733. The number of rotatable bonds is 6. The molecule has 2 aromatic rings. The lowest BCUT2D eigenvalue weighted by atomic mass is 10.1. The van der Waals surface area contributed by atoms with Crippen LogP contribution in [0.15, 0.2) is 42.5 Å². The number of ether oxygens (including phenoxy) is 2. The molecule has 0 saturated heterocycles. The number of amides is 1. The lowest BCUT2D eigenvalue weighted by molar-refractivity contribution is -0.118. The second kappa shape index (κ2) is 7.68. The molecule has 4 nitrogen and oxygen atoms in total. The van der Waals surface area contributed by atoms with Crippen molar-refractivity contribution in [2.45, 2.75) is 26.8 Å². The monoisotopic (exact) mass is 313 g/mol. The zero-order valence-corrected chi connectivity index (χ0v) is 14.1. The summed E-state index contributed by atoms with van der Waals surface area (Å²) in [6, 6.07) is 13.5. The zero-order valence-electron chi connectivity index (χ0n) is 14.1. The van der Waals surface area contributed by atoms with Gasteiger partial charge in [0.2, 0.25) is 5.91 Å². The second-order valence-electron chi connectivity index (χ2n) is 5.30. The third kappa shape index (κ3) is 3.83. The van der Waals surface area contributed by atoms with E-state index >= 15 is 0 Å². The van der Waals surface area contributed by atoms with Crippen molar-refractivity contribution >= 4 is 11.6 Å². The van der Waals surface area contributed by atoms with E-state index in [4.69, 9.17) is 9.47 Å². The first kappa shape index (κ1) is 16.9. The van der Waals surface area contributed by atoms with Gasteiger partial charge in [0, 0.05) is 17.7 Å². The van der Waals surface area contributed by atoms with Gasteiger partial charge >= 0.3 is 0 Å². The lowest BCUT2D eigenvalue weighted by Crippen LogP contribution is -2.30. The number of anilines is 1. The number of para-hydroxylation sites is 1. The highest BCUT2D eigenvalue weighted by Crippen LogP contribution is 2.29. The minimum absolute atomic E-state index is 0.0733. The molecule has 0 aromatic heterocycles. The van der Waals surface area contributed by atoms with E-state index in [2.05, 4.69) is 0 Å². The Morgan fingerprint density at radius 2 is 1.83 bits per heavy atom. The van der Waals surface area contributed by atoms with E-state index in [1.807, 2.05) is 56.3 Å². The van der Waals surface area contributed by atoms with Gasteiger partial charge in [-0.15, -0.1) is 0 Å². The smallest absolute Gasteiger partial charge is 0.227 e. The van der Waals surface area contributed by atoms with Gasteiger partial charge in [0.15, 0.2) is 0 Å². The molecule has 0 aliphatic heterocycles. The summed E-state index contributed by atoms with van der Waals surface area (Å²) in [5.74, 6) is 1.56. The average Bonchev–Trinajstić information content (AvgIpc) is 2.59. The Labute approximate surface area is 137 Å². The van der Waals surface area contributed by atoms with Crippen molar-refractivity contribution in [1.82, 2.24) is 0 Å². The van der Waals surface area contributed by atoms with Crippen LogP contribution in [0.4, 0.5) is 5.69 Å². The van der Waals surface area contributed by atoms with E-state index in [-0.39, 0.29) is 5.91 Å². The van der Waals surface area contributed by atoms with Crippen molar-refractivity contribution in [3.63, 3.8) is 0 Å². The molecule has 0 aliphatic carbocycles. The van der Waals surface area contributed by atoms with Crippen molar-refractivity contribution in [3.05, 3.63) is 53.6 Å². The Morgan fingerprint density at radius 3 is 2.43 bits per heavy atom. The number of benzene rings is 2. The summed E-state index contributed by atoms with van der Waals surface area (Å²) >= 11 is 0. The van der Waals surface area contributed by atoms with Crippen molar-refractivity contribution in [2.24, 2.45) is 0 Å². The topological polar surface area (TPSA) is 38.8 Å². The lowest BCUT2D eigenvalue weighted by Gasteiger charge is -2.25. The van der Waals surface area contributed by atoms with Gasteiger partial charge in [0.1, 0.15) is 11.5 Å². The molecule has 0 atom stereocenters. The molecule has 0 unspecified atom stereocenters. The first-order chi connectivity index (χ1) is 11.1. The van der Waals surface area contributed by atoms with Crippen LogP contribution in [0.3, 0.4) is 0 Å². The predicted octanol–water partition coefficient (Wildman–Crippen LogP) is 3.96. The molecule has 0 saturated carbocycles. The fourth-order valence-corrected chi connectivity index (χ4v) is 2.54. The predicted molar refractivity (Wildman–Crippen MR) is 92.2 cm³/mol. The van der Waals surface area contributed by atoms with Crippen molar-refractivity contribution in [1.29, 1.82) is 0 Å². The maximum Gasteiger partial charge on any atom is 0.227 e. The van der Waals surface area contributed by atoms with Crippen LogP contribution in [0.5, 0.6) is 11.5 Å². The first-order valence-electron chi connectivity index (χ1n) is 7.67. The van der Waals surface area contributed by atoms with Crippen LogP contribution < -0.4 is 14.4 Å². The van der Waals surface area contributed by atoms with Crippen LogP contribution >= 0.6 is 0 Å². The highest BCUT2D eigenvalue weighted by molar-refractivity contribution is 5.93. The molecule has 4 heteroatoms. The van der Waals surface area contributed by atoms with Gasteiger partial charge in [-0.05, 0) is 36.8 Å². The number of hydrogen-bond donors (Lipinski definition) is 0. The van der Waals surface area contributed by atoms with E-state index < -0.39 is 0 Å². The summed E-state index contributed by atoms with van der Waals surface area (Å²) in [6.45, 7) is 4.32. The number of hydrogen-bond acceptors (Lipinski definition) is 3. The minimum Gasteiger partial charge on any atom is -0.497 e. The Hall–Kier alpha value is -2.49. The first-order valence-corrected chi connectivity index (χ1v) is 7.67. The fourth-order valence-electron chi connectivity index (χ4n) is 2.54. The third-order valence-corrected chi connectivity index (χ3v) is 3.83. The summed E-state index contributed by atoms with van der Waals surface area (Å²) in [4.78, 5) is 14.3. The van der Waals surface area contributed by atoms with Crippen LogP contribution in [-0.4, -0.2) is 20.1 Å². The van der Waals surface area contributed by atoms with E-state index in [0.29, 0.717) is 13.0 Å². The van der Waals surface area contributed by atoms with Gasteiger partial charge in [-0.25, -0.2) is 0 Å². The third-order valence-electron chi connectivity index (χ3n) is 3.83. The molecular weight excluding hydrogens is 290 g/mol. The standard InChI is InChI=1S/C19H23NO3/c1-5-19(21)20(17-9-7-6-8-14(17)2)13-15-12-16(22-3)10-11-18(15)23-4/h6-12H,5,13H2,1-4H3. The molecule has 0 bridgehead atoms. The van der Waals surface area contributed by atoms with Crippen LogP contribution in [0, 0.1) is 6.92 Å². The molecule has 122 valence electrons. The number of carbonyl (C=O) groups is 1. The van der Waals surface area contributed by atoms with Gasteiger partial charge in [-0.1, -0.05) is 25.1 Å². The normalized spacial score (nSPS) is 10.3. The second-order valence-corrected chi connectivity index (χ2v) is 5.30. The van der Waals surface area contributed by atoms with Gasteiger partial charge in [0.05, 0.1) is 20.8 Å². The maximum atomic E-state index is 12.5. The van der Waals surface area contributed by atoms with Crippen molar-refractivity contribution < 1.29 is 14.3 Å². The molecule has 0 fully saturated rings. The summed E-state index contributed by atoms with van der Waals surface area (Å²) in [6.07, 6.45) is 0.445. The highest BCUT2D eigenvalue weighted by atomic mass is 16.5. The van der Waals surface area contributed by atoms with E-state index in [1.54, 1.807) is 19.1 Å².